The van der Waals surface area contributed by atoms with Gasteiger partial charge in [-0.15, -0.1) is 0 Å². The number of benzene rings is 1. The summed E-state index contributed by atoms with van der Waals surface area (Å²) in [6.07, 6.45) is -5.06. The molecule has 0 aromatic heterocycles. The minimum atomic E-state index is -4.63. The van der Waals surface area contributed by atoms with Crippen molar-refractivity contribution in [1.29, 1.82) is 0 Å². The van der Waals surface area contributed by atoms with Gasteiger partial charge in [-0.1, -0.05) is 6.07 Å². The fraction of sp³-hybridized carbons (Fsp3) is 0.417. The normalized spacial score (nSPS) is 15.1. The van der Waals surface area contributed by atoms with Crippen LogP contribution in [0.3, 0.4) is 0 Å². The van der Waals surface area contributed by atoms with Crippen LogP contribution in [0.5, 0.6) is 0 Å². The Morgan fingerprint density at radius 1 is 1.37 bits per heavy atom. The van der Waals surface area contributed by atoms with Crippen LogP contribution in [-0.4, -0.2) is 21.8 Å². The van der Waals surface area contributed by atoms with Gasteiger partial charge in [0.15, 0.2) is 5.60 Å². The number of aliphatic carboxylic acids is 1. The molecule has 0 amide bonds. The molecule has 0 saturated heterocycles. The van der Waals surface area contributed by atoms with Gasteiger partial charge in [-0.2, -0.15) is 13.2 Å². The van der Waals surface area contributed by atoms with E-state index in [1.807, 2.05) is 0 Å². The first-order chi connectivity index (χ1) is 8.45. The van der Waals surface area contributed by atoms with Gasteiger partial charge in [-0.05, 0) is 31.0 Å². The highest BCUT2D eigenvalue weighted by atomic mass is 19.4. The molecule has 7 heteroatoms. The third kappa shape index (κ3) is 3.37. The Bertz CT molecular complexity index is 510. The number of aliphatic hydroxyl groups is 1. The van der Waals surface area contributed by atoms with Gasteiger partial charge in [0.1, 0.15) is 0 Å². The van der Waals surface area contributed by atoms with Gasteiger partial charge < -0.3 is 15.9 Å². The van der Waals surface area contributed by atoms with Crippen molar-refractivity contribution >= 4 is 11.7 Å². The number of rotatable bonds is 3. The molecule has 0 saturated carbocycles. The summed E-state index contributed by atoms with van der Waals surface area (Å²) in [5, 5.41) is 18.3. The molecule has 1 aromatic rings. The second kappa shape index (κ2) is 4.73. The van der Waals surface area contributed by atoms with Gasteiger partial charge >= 0.3 is 12.1 Å². The number of anilines is 1. The molecule has 19 heavy (non-hydrogen) atoms. The third-order valence-electron chi connectivity index (χ3n) is 2.76. The van der Waals surface area contributed by atoms with Gasteiger partial charge in [0.05, 0.1) is 5.56 Å². The zero-order valence-electron chi connectivity index (χ0n) is 10.4. The van der Waals surface area contributed by atoms with Gasteiger partial charge in [-0.25, -0.2) is 4.79 Å². The predicted molar refractivity (Wildman–Crippen MR) is 62.6 cm³/mol. The third-order valence-corrected chi connectivity index (χ3v) is 2.76. The molecule has 0 aliphatic rings. The van der Waals surface area contributed by atoms with Crippen LogP contribution in [0.15, 0.2) is 12.1 Å². The number of carboxylic acid groups (broad SMARTS) is 1. The average Bonchev–Trinajstić information content (AvgIpc) is 2.20. The Morgan fingerprint density at radius 2 is 1.89 bits per heavy atom. The number of hydrogen-bond donors (Lipinski definition) is 3. The minimum absolute atomic E-state index is 0.0615. The summed E-state index contributed by atoms with van der Waals surface area (Å²) in [6, 6.07) is 2.10. The monoisotopic (exact) mass is 277 g/mol. The molecule has 0 spiro atoms. The second-order valence-corrected chi connectivity index (χ2v) is 4.63. The Kier molecular flexibility index (Phi) is 3.81. The number of halogens is 3. The first-order valence-corrected chi connectivity index (χ1v) is 5.37. The Balaban J connectivity index is 3.26. The van der Waals surface area contributed by atoms with Crippen molar-refractivity contribution in [3.05, 3.63) is 28.8 Å². The maximum absolute atomic E-state index is 12.7. The van der Waals surface area contributed by atoms with Crippen LogP contribution in [0.25, 0.3) is 0 Å². The van der Waals surface area contributed by atoms with E-state index < -0.39 is 35.4 Å². The van der Waals surface area contributed by atoms with Crippen LogP contribution in [0.2, 0.25) is 0 Å². The van der Waals surface area contributed by atoms with E-state index in [2.05, 4.69) is 0 Å². The molecule has 0 unspecified atom stereocenters. The average molecular weight is 277 g/mol. The van der Waals surface area contributed by atoms with Gasteiger partial charge in [0.25, 0.3) is 0 Å². The van der Waals surface area contributed by atoms with Gasteiger partial charge in [-0.3, -0.25) is 0 Å². The molecule has 1 rings (SSSR count). The molecule has 4 nitrogen and oxygen atoms in total. The fourth-order valence-corrected chi connectivity index (χ4v) is 1.68. The van der Waals surface area contributed by atoms with Crippen LogP contribution in [0.4, 0.5) is 18.9 Å². The number of carboxylic acids is 1. The number of nitrogen functional groups attached to an aromatic ring is 1. The molecule has 0 aliphatic heterocycles. The standard InChI is InChI=1S/C12H14F3NO3/c1-6-3-7(5-11(2,19)10(17)18)4-8(9(6)16)12(13,14)15/h3-4,19H,5,16H2,1-2H3,(H,17,18)/t11-/m1/s1. The van der Waals surface area contributed by atoms with E-state index in [9.17, 15) is 23.1 Å². The minimum Gasteiger partial charge on any atom is -0.479 e. The maximum Gasteiger partial charge on any atom is 0.418 e. The zero-order valence-corrected chi connectivity index (χ0v) is 10.4. The van der Waals surface area contributed by atoms with Crippen molar-refractivity contribution in [3.8, 4) is 0 Å². The van der Waals surface area contributed by atoms with Crippen molar-refractivity contribution < 1.29 is 28.2 Å². The molecular formula is C12H14F3NO3. The van der Waals surface area contributed by atoms with E-state index in [1.54, 1.807) is 0 Å². The lowest BCUT2D eigenvalue weighted by Gasteiger charge is -2.20. The molecule has 0 fully saturated rings. The van der Waals surface area contributed by atoms with Crippen LogP contribution in [-0.2, 0) is 17.4 Å². The summed E-state index contributed by atoms with van der Waals surface area (Å²) < 4.78 is 38.2. The summed E-state index contributed by atoms with van der Waals surface area (Å²) >= 11 is 0. The lowest BCUT2D eigenvalue weighted by atomic mass is 9.93. The van der Waals surface area contributed by atoms with Crippen LogP contribution in [0.1, 0.15) is 23.6 Å². The SMILES string of the molecule is Cc1cc(C[C@@](C)(O)C(=O)O)cc(C(F)(F)F)c1N. The van der Waals surface area contributed by atoms with E-state index in [0.29, 0.717) is 0 Å². The predicted octanol–water partition coefficient (Wildman–Crippen LogP) is 1.97. The highest BCUT2D eigenvalue weighted by Gasteiger charge is 2.35. The van der Waals surface area contributed by atoms with Crippen molar-refractivity contribution in [2.24, 2.45) is 0 Å². The van der Waals surface area contributed by atoms with E-state index in [-0.39, 0.29) is 11.1 Å². The molecule has 1 atom stereocenters. The molecule has 0 aliphatic carbocycles. The molecule has 0 radical (unpaired) electrons. The lowest BCUT2D eigenvalue weighted by Crippen LogP contribution is -2.37. The van der Waals surface area contributed by atoms with Crippen LogP contribution in [0, 0.1) is 6.92 Å². The number of aryl methyl sites for hydroxylation is 1. The second-order valence-electron chi connectivity index (χ2n) is 4.63. The summed E-state index contributed by atoms with van der Waals surface area (Å²) in [5.41, 5.74) is 2.06. The summed E-state index contributed by atoms with van der Waals surface area (Å²) in [6.45, 7) is 2.41. The molecule has 106 valence electrons. The number of hydrogen-bond acceptors (Lipinski definition) is 3. The maximum atomic E-state index is 12.7. The van der Waals surface area contributed by atoms with Crippen LogP contribution >= 0.6 is 0 Å². The van der Waals surface area contributed by atoms with E-state index in [4.69, 9.17) is 10.8 Å². The van der Waals surface area contributed by atoms with Gasteiger partial charge in [0, 0.05) is 12.1 Å². The zero-order chi connectivity index (χ0) is 15.0. The van der Waals surface area contributed by atoms with E-state index in [1.165, 1.54) is 13.0 Å². The highest BCUT2D eigenvalue weighted by Crippen LogP contribution is 2.36. The van der Waals surface area contributed by atoms with Crippen molar-refractivity contribution in [1.82, 2.24) is 0 Å². The van der Waals surface area contributed by atoms with Gasteiger partial charge in [0.2, 0.25) is 0 Å². The molecule has 0 bridgehead atoms. The van der Waals surface area contributed by atoms with Crippen molar-refractivity contribution in [2.75, 3.05) is 5.73 Å². The highest BCUT2D eigenvalue weighted by molar-refractivity contribution is 5.77. The lowest BCUT2D eigenvalue weighted by molar-refractivity contribution is -0.156. The Morgan fingerprint density at radius 3 is 2.32 bits per heavy atom. The number of nitrogens with two attached hydrogens (primary N) is 1. The largest absolute Gasteiger partial charge is 0.479 e. The smallest absolute Gasteiger partial charge is 0.418 e. The summed E-state index contributed by atoms with van der Waals surface area (Å²) in [7, 11) is 0. The number of carbonyl (C=O) groups is 1. The Hall–Kier alpha value is -1.76. The topological polar surface area (TPSA) is 83.5 Å². The fourth-order valence-electron chi connectivity index (χ4n) is 1.68. The van der Waals surface area contributed by atoms with E-state index >= 15 is 0 Å². The number of alkyl halides is 3. The molecule has 0 heterocycles. The molecular weight excluding hydrogens is 263 g/mol. The first-order valence-electron chi connectivity index (χ1n) is 5.37. The Labute approximate surface area is 107 Å². The van der Waals surface area contributed by atoms with Crippen molar-refractivity contribution in [3.63, 3.8) is 0 Å². The van der Waals surface area contributed by atoms with Crippen LogP contribution < -0.4 is 5.73 Å². The molecule has 1 aromatic carbocycles. The summed E-state index contributed by atoms with van der Waals surface area (Å²) in [4.78, 5) is 10.8. The van der Waals surface area contributed by atoms with Crippen molar-refractivity contribution in [2.45, 2.75) is 32.0 Å². The molecule has 4 N–H and O–H groups in total. The first kappa shape index (κ1) is 15.3. The van der Waals surface area contributed by atoms with E-state index in [0.717, 1.165) is 13.0 Å². The summed E-state index contributed by atoms with van der Waals surface area (Å²) in [5.74, 6) is -1.50. The quantitative estimate of drug-likeness (QED) is 0.738.